The molecule has 0 fully saturated rings. The Morgan fingerprint density at radius 1 is 1.25 bits per heavy atom. The Balaban J connectivity index is 1.71. The maximum absolute atomic E-state index is 12.5. The molecule has 0 saturated carbocycles. The van der Waals surface area contributed by atoms with Crippen LogP contribution < -0.4 is 4.84 Å². The van der Waals surface area contributed by atoms with Crippen molar-refractivity contribution >= 4 is 12.1 Å². The van der Waals surface area contributed by atoms with Crippen molar-refractivity contribution in [2.75, 3.05) is 6.54 Å². The molecule has 28 heavy (non-hydrogen) atoms. The van der Waals surface area contributed by atoms with Crippen molar-refractivity contribution in [1.82, 2.24) is 14.6 Å². The van der Waals surface area contributed by atoms with E-state index in [2.05, 4.69) is 9.82 Å². The molecular formula is C18H18F3N3O4. The summed E-state index contributed by atoms with van der Waals surface area (Å²) >= 11 is 0. The highest BCUT2D eigenvalue weighted by atomic mass is 19.4. The number of rotatable bonds is 4. The predicted molar refractivity (Wildman–Crippen MR) is 89.9 cm³/mol. The Morgan fingerprint density at radius 2 is 1.96 bits per heavy atom. The lowest BCUT2D eigenvalue weighted by Crippen LogP contribution is -2.41. The number of halogens is 3. The van der Waals surface area contributed by atoms with Gasteiger partial charge >= 0.3 is 18.2 Å². The minimum Gasteiger partial charge on any atom is -0.445 e. The zero-order valence-corrected chi connectivity index (χ0v) is 15.0. The first kappa shape index (κ1) is 19.7. The second-order valence-corrected chi connectivity index (χ2v) is 6.19. The van der Waals surface area contributed by atoms with Crippen LogP contribution in [0.25, 0.3) is 0 Å². The molecule has 0 saturated heterocycles. The smallest absolute Gasteiger partial charge is 0.445 e. The number of fused-ring (bicyclic) bond motifs is 1. The Bertz CT molecular complexity index is 852. The van der Waals surface area contributed by atoms with Crippen LogP contribution in [-0.2, 0) is 22.6 Å². The van der Waals surface area contributed by atoms with Crippen LogP contribution in [0.1, 0.15) is 36.3 Å². The van der Waals surface area contributed by atoms with Crippen molar-refractivity contribution in [2.24, 2.45) is 0 Å². The van der Waals surface area contributed by atoms with Crippen LogP contribution in [0.5, 0.6) is 0 Å². The summed E-state index contributed by atoms with van der Waals surface area (Å²) in [5.41, 5.74) is 1.56. The third kappa shape index (κ3) is 4.10. The first-order chi connectivity index (χ1) is 13.3. The van der Waals surface area contributed by atoms with E-state index in [0.29, 0.717) is 17.8 Å². The number of aromatic nitrogens is 2. The van der Waals surface area contributed by atoms with Gasteiger partial charge in [0.2, 0.25) is 0 Å². The number of imidazole rings is 1. The van der Waals surface area contributed by atoms with Crippen LogP contribution in [0.2, 0.25) is 0 Å². The highest BCUT2D eigenvalue weighted by Gasteiger charge is 2.43. The number of benzene rings is 1. The molecule has 0 aliphatic carbocycles. The van der Waals surface area contributed by atoms with Crippen LogP contribution in [0.15, 0.2) is 36.7 Å². The van der Waals surface area contributed by atoms with Gasteiger partial charge in [-0.3, -0.25) is 4.90 Å². The second-order valence-electron chi connectivity index (χ2n) is 6.19. The number of hydrogen-bond acceptors (Lipinski definition) is 5. The molecule has 1 aliphatic rings. The summed E-state index contributed by atoms with van der Waals surface area (Å²) in [6, 6.07) is 8.69. The molecule has 2 heterocycles. The number of carbonyl (C=O) groups is 2. The van der Waals surface area contributed by atoms with E-state index in [1.807, 2.05) is 37.3 Å². The van der Waals surface area contributed by atoms with Crippen LogP contribution >= 0.6 is 0 Å². The van der Waals surface area contributed by atoms with Crippen molar-refractivity contribution in [3.05, 3.63) is 53.6 Å². The number of amides is 1. The maximum Gasteiger partial charge on any atom is 0.493 e. The lowest BCUT2D eigenvalue weighted by Gasteiger charge is -2.33. The average Bonchev–Trinajstić information content (AvgIpc) is 3.08. The van der Waals surface area contributed by atoms with Gasteiger partial charge in [-0.25, -0.2) is 14.6 Å². The van der Waals surface area contributed by atoms with Crippen molar-refractivity contribution < 1.29 is 32.3 Å². The highest BCUT2D eigenvalue weighted by molar-refractivity contribution is 5.76. The maximum atomic E-state index is 12.5. The number of carbonyl (C=O) groups excluding carboxylic acids is 2. The van der Waals surface area contributed by atoms with E-state index in [-0.39, 0.29) is 19.6 Å². The highest BCUT2D eigenvalue weighted by Crippen LogP contribution is 2.31. The predicted octanol–water partition coefficient (Wildman–Crippen LogP) is 3.05. The Morgan fingerprint density at radius 3 is 2.61 bits per heavy atom. The summed E-state index contributed by atoms with van der Waals surface area (Å²) in [7, 11) is 0. The summed E-state index contributed by atoms with van der Waals surface area (Å²) in [4.78, 5) is 33.5. The fourth-order valence-corrected chi connectivity index (χ4v) is 3.07. The lowest BCUT2D eigenvalue weighted by molar-refractivity contribution is -0.200. The number of nitrogens with zero attached hydrogens (tertiary/aromatic N) is 3. The minimum atomic E-state index is -5.11. The zero-order valence-electron chi connectivity index (χ0n) is 15.0. The van der Waals surface area contributed by atoms with E-state index in [4.69, 9.17) is 4.74 Å². The molecule has 0 bridgehead atoms. The third-order valence-electron chi connectivity index (χ3n) is 4.38. The molecule has 2 aromatic rings. The molecule has 1 aromatic carbocycles. The Labute approximate surface area is 158 Å². The standard InChI is InChI=1S/C18H18F3N3O4/c1-2-13-15-14(24(11-22-15)28-16(25)18(19,20)21)8-9-23(13)17(26)27-10-12-6-4-3-5-7-12/h3-7,11,13H,2,8-10H2,1H3. The molecule has 1 aromatic heterocycles. The SMILES string of the molecule is CCC1c2ncn(OC(=O)C(F)(F)F)c2CCN1C(=O)OCc1ccccc1. The monoisotopic (exact) mass is 397 g/mol. The molecule has 1 atom stereocenters. The zero-order chi connectivity index (χ0) is 20.3. The van der Waals surface area contributed by atoms with Gasteiger partial charge in [-0.15, -0.1) is 0 Å². The van der Waals surface area contributed by atoms with Crippen LogP contribution in [-0.4, -0.2) is 39.4 Å². The summed E-state index contributed by atoms with van der Waals surface area (Å²) in [6.07, 6.45) is -3.99. The fourth-order valence-electron chi connectivity index (χ4n) is 3.07. The van der Waals surface area contributed by atoms with Gasteiger partial charge in [0.25, 0.3) is 0 Å². The molecule has 150 valence electrons. The fraction of sp³-hybridized carbons (Fsp3) is 0.389. The van der Waals surface area contributed by atoms with E-state index in [1.165, 1.54) is 4.90 Å². The number of ether oxygens (including phenoxy) is 1. The quantitative estimate of drug-likeness (QED) is 0.793. The van der Waals surface area contributed by atoms with Crippen LogP contribution in [0.4, 0.5) is 18.0 Å². The van der Waals surface area contributed by atoms with Gasteiger partial charge in [0.1, 0.15) is 12.9 Å². The van der Waals surface area contributed by atoms with Gasteiger partial charge in [-0.05, 0) is 12.0 Å². The molecule has 10 heteroatoms. The van der Waals surface area contributed by atoms with Gasteiger partial charge < -0.3 is 9.57 Å². The number of hydrogen-bond donors (Lipinski definition) is 0. The molecular weight excluding hydrogens is 379 g/mol. The van der Waals surface area contributed by atoms with Gasteiger partial charge in [0.15, 0.2) is 0 Å². The molecule has 1 amide bonds. The van der Waals surface area contributed by atoms with Crippen molar-refractivity contribution in [1.29, 1.82) is 0 Å². The van der Waals surface area contributed by atoms with Gasteiger partial charge in [-0.2, -0.15) is 17.9 Å². The third-order valence-corrected chi connectivity index (χ3v) is 4.38. The molecule has 1 aliphatic heterocycles. The molecule has 1 unspecified atom stereocenters. The molecule has 7 nitrogen and oxygen atoms in total. The largest absolute Gasteiger partial charge is 0.493 e. The van der Waals surface area contributed by atoms with E-state index in [0.717, 1.165) is 16.6 Å². The van der Waals surface area contributed by atoms with Gasteiger partial charge in [-0.1, -0.05) is 37.3 Å². The van der Waals surface area contributed by atoms with E-state index < -0.39 is 24.3 Å². The van der Waals surface area contributed by atoms with Crippen molar-refractivity contribution in [2.45, 2.75) is 38.6 Å². The van der Waals surface area contributed by atoms with Crippen molar-refractivity contribution in [3.8, 4) is 0 Å². The Kier molecular flexibility index (Phi) is 5.57. The van der Waals surface area contributed by atoms with Gasteiger partial charge in [0.05, 0.1) is 17.4 Å². The van der Waals surface area contributed by atoms with Crippen molar-refractivity contribution in [3.63, 3.8) is 0 Å². The topological polar surface area (TPSA) is 73.7 Å². The summed E-state index contributed by atoms with van der Waals surface area (Å²) < 4.78 is 43.4. The van der Waals surface area contributed by atoms with E-state index >= 15 is 0 Å². The summed E-state index contributed by atoms with van der Waals surface area (Å²) in [5, 5.41) is 0. The van der Waals surface area contributed by atoms with Gasteiger partial charge in [0, 0.05) is 13.0 Å². The van der Waals surface area contributed by atoms with E-state index in [1.54, 1.807) is 0 Å². The van der Waals surface area contributed by atoms with Crippen LogP contribution in [0.3, 0.4) is 0 Å². The minimum absolute atomic E-state index is 0.108. The first-order valence-electron chi connectivity index (χ1n) is 8.64. The second kappa shape index (κ2) is 7.91. The number of alkyl halides is 3. The summed E-state index contributed by atoms with van der Waals surface area (Å²) in [5.74, 6) is -2.33. The lowest BCUT2D eigenvalue weighted by atomic mass is 10.0. The normalized spacial score (nSPS) is 16.4. The Hall–Kier alpha value is -3.04. The first-order valence-corrected chi connectivity index (χ1v) is 8.64. The molecule has 0 N–H and O–H groups in total. The van der Waals surface area contributed by atoms with E-state index in [9.17, 15) is 22.8 Å². The molecule has 0 spiro atoms. The average molecular weight is 397 g/mol. The molecule has 0 radical (unpaired) electrons. The summed E-state index contributed by atoms with van der Waals surface area (Å²) in [6.45, 7) is 2.13. The van der Waals surface area contributed by atoms with Crippen LogP contribution in [0, 0.1) is 0 Å². The molecule has 3 rings (SSSR count).